The second-order valence-electron chi connectivity index (χ2n) is 2.50. The van der Waals surface area contributed by atoms with E-state index >= 15 is 0 Å². The van der Waals surface area contributed by atoms with E-state index in [1.54, 1.807) is 12.1 Å². The number of thioether (sulfide) groups is 1. The molecule has 0 fully saturated rings. The molecular weight excluding hydrogens is 241 g/mol. The van der Waals surface area contributed by atoms with E-state index in [1.165, 1.54) is 12.1 Å². The second kappa shape index (κ2) is 5.00. The number of hydrogen-bond donors (Lipinski definition) is 0. The molecular formula is C8H6FNO3S2. The zero-order valence-electron chi connectivity index (χ0n) is 7.38. The van der Waals surface area contributed by atoms with Gasteiger partial charge in [0.2, 0.25) is 0 Å². The van der Waals surface area contributed by atoms with Gasteiger partial charge in [-0.1, -0.05) is 16.0 Å². The molecule has 0 aliphatic carbocycles. The maximum atomic E-state index is 12.1. The highest BCUT2D eigenvalue weighted by atomic mass is 32.3. The lowest BCUT2D eigenvalue weighted by molar-refractivity contribution is 0.440. The first kappa shape index (κ1) is 11.8. The van der Waals surface area contributed by atoms with Crippen molar-refractivity contribution >= 4 is 22.3 Å². The van der Waals surface area contributed by atoms with Gasteiger partial charge in [0.25, 0.3) is 0 Å². The zero-order valence-corrected chi connectivity index (χ0v) is 9.02. The molecule has 0 radical (unpaired) electrons. The minimum Gasteiger partial charge on any atom is -0.358 e. The third-order valence-corrected chi connectivity index (χ3v) is 2.42. The van der Waals surface area contributed by atoms with Crippen LogP contribution in [0.4, 0.5) is 3.89 Å². The summed E-state index contributed by atoms with van der Waals surface area (Å²) in [6, 6.07) is 5.77. The summed E-state index contributed by atoms with van der Waals surface area (Å²) < 4.78 is 36.3. The quantitative estimate of drug-likeness (QED) is 0.601. The first-order valence-electron chi connectivity index (χ1n) is 3.75. The third-order valence-electron chi connectivity index (χ3n) is 1.42. The van der Waals surface area contributed by atoms with Gasteiger partial charge in [-0.3, -0.25) is 0 Å². The van der Waals surface area contributed by atoms with Crippen molar-refractivity contribution in [2.24, 2.45) is 0 Å². The van der Waals surface area contributed by atoms with Crippen LogP contribution in [0.2, 0.25) is 0 Å². The molecule has 1 aromatic carbocycles. The lowest BCUT2D eigenvalue weighted by Gasteiger charge is -2.00. The molecule has 4 nitrogen and oxygen atoms in total. The maximum absolute atomic E-state index is 12.1. The monoisotopic (exact) mass is 247 g/mol. The number of hydrogen-bond acceptors (Lipinski definition) is 5. The van der Waals surface area contributed by atoms with Crippen LogP contribution in [0.25, 0.3) is 0 Å². The molecule has 0 N–H and O–H groups in total. The molecule has 15 heavy (non-hydrogen) atoms. The Bertz CT molecular complexity index is 464. The number of halogens is 1. The van der Waals surface area contributed by atoms with Crippen LogP contribution in [-0.2, 0) is 16.3 Å². The Morgan fingerprint density at radius 1 is 1.40 bits per heavy atom. The van der Waals surface area contributed by atoms with Crippen molar-refractivity contribution in [1.82, 2.24) is 0 Å². The van der Waals surface area contributed by atoms with Gasteiger partial charge in [-0.05, 0) is 29.5 Å². The largest absolute Gasteiger partial charge is 0.488 e. The fraction of sp³-hybridized carbons (Fsp3) is 0.125. The molecule has 0 heterocycles. The van der Waals surface area contributed by atoms with Crippen LogP contribution in [0.5, 0.6) is 5.75 Å². The Balaban J connectivity index is 2.69. The van der Waals surface area contributed by atoms with Crippen molar-refractivity contribution < 1.29 is 16.5 Å². The lowest BCUT2D eigenvalue weighted by Crippen LogP contribution is -2.00. The Hall–Kier alpha value is -1.26. The van der Waals surface area contributed by atoms with E-state index in [0.717, 1.165) is 17.3 Å². The average Bonchev–Trinajstić information content (AvgIpc) is 2.14. The van der Waals surface area contributed by atoms with Crippen LogP contribution in [-0.4, -0.2) is 8.42 Å². The summed E-state index contributed by atoms with van der Waals surface area (Å²) in [5.74, 6) is 0.391. The summed E-state index contributed by atoms with van der Waals surface area (Å²) >= 11 is 1.05. The zero-order chi connectivity index (χ0) is 11.3. The molecule has 0 spiro atoms. The van der Waals surface area contributed by atoms with E-state index in [0.29, 0.717) is 5.75 Å². The molecule has 7 heteroatoms. The predicted octanol–water partition coefficient (Wildman–Crippen LogP) is 1.99. The van der Waals surface area contributed by atoms with E-state index < -0.39 is 10.5 Å². The average molecular weight is 247 g/mol. The van der Waals surface area contributed by atoms with Crippen LogP contribution in [0.3, 0.4) is 0 Å². The topological polar surface area (TPSA) is 67.2 Å². The summed E-state index contributed by atoms with van der Waals surface area (Å²) in [6.45, 7) is 0. The molecule has 0 aliphatic rings. The molecule has 0 aromatic heterocycles. The van der Waals surface area contributed by atoms with Crippen molar-refractivity contribution in [2.45, 2.75) is 5.75 Å². The van der Waals surface area contributed by atoms with Crippen molar-refractivity contribution in [2.75, 3.05) is 0 Å². The predicted molar refractivity (Wildman–Crippen MR) is 54.0 cm³/mol. The number of nitriles is 1. The highest BCUT2D eigenvalue weighted by Gasteiger charge is 2.08. The molecule has 0 aliphatic heterocycles. The van der Waals surface area contributed by atoms with E-state index in [4.69, 9.17) is 5.26 Å². The molecule has 0 bridgehead atoms. The molecule has 0 saturated heterocycles. The third kappa shape index (κ3) is 4.67. The van der Waals surface area contributed by atoms with Gasteiger partial charge in [-0.15, -0.1) is 0 Å². The SMILES string of the molecule is N#CSCc1ccc(OS(=O)(=O)F)cc1. The first-order chi connectivity index (χ1) is 7.01. The van der Waals surface area contributed by atoms with Crippen molar-refractivity contribution in [1.29, 1.82) is 5.26 Å². The second-order valence-corrected chi connectivity index (χ2v) is 4.21. The fourth-order valence-electron chi connectivity index (χ4n) is 0.872. The van der Waals surface area contributed by atoms with Crippen LogP contribution in [0.15, 0.2) is 24.3 Å². The molecule has 0 amide bonds. The van der Waals surface area contributed by atoms with E-state index in [1.807, 2.05) is 5.40 Å². The van der Waals surface area contributed by atoms with Crippen LogP contribution < -0.4 is 4.18 Å². The van der Waals surface area contributed by atoms with Gasteiger partial charge in [0.05, 0.1) is 0 Å². The van der Waals surface area contributed by atoms with Crippen molar-refractivity contribution in [3.8, 4) is 11.2 Å². The van der Waals surface area contributed by atoms with E-state index in [2.05, 4.69) is 4.18 Å². The highest BCUT2D eigenvalue weighted by Crippen LogP contribution is 2.17. The molecule has 80 valence electrons. The van der Waals surface area contributed by atoms with Crippen molar-refractivity contribution in [3.05, 3.63) is 29.8 Å². The minimum atomic E-state index is -4.96. The lowest BCUT2D eigenvalue weighted by atomic mass is 10.2. The fourth-order valence-corrected chi connectivity index (χ4v) is 1.64. The Kier molecular flexibility index (Phi) is 3.94. The summed E-state index contributed by atoms with van der Waals surface area (Å²) in [5.41, 5.74) is 0.824. The van der Waals surface area contributed by atoms with Gasteiger partial charge in [0, 0.05) is 5.75 Å². The van der Waals surface area contributed by atoms with Gasteiger partial charge < -0.3 is 4.18 Å². The van der Waals surface area contributed by atoms with Crippen molar-refractivity contribution in [3.63, 3.8) is 0 Å². The van der Waals surface area contributed by atoms with Crippen LogP contribution in [0.1, 0.15) is 5.56 Å². The van der Waals surface area contributed by atoms with Gasteiger partial charge in [-0.25, -0.2) is 0 Å². The molecule has 1 aromatic rings. The highest BCUT2D eigenvalue weighted by molar-refractivity contribution is 8.02. The number of nitrogens with zero attached hydrogens (tertiary/aromatic N) is 1. The molecule has 0 saturated carbocycles. The van der Waals surface area contributed by atoms with Gasteiger partial charge in [0.15, 0.2) is 0 Å². The van der Waals surface area contributed by atoms with Gasteiger partial charge in [-0.2, -0.15) is 13.7 Å². The number of rotatable bonds is 4. The summed E-state index contributed by atoms with van der Waals surface area (Å²) in [5, 5.41) is 10.2. The Morgan fingerprint density at radius 2 is 2.00 bits per heavy atom. The van der Waals surface area contributed by atoms with Crippen LogP contribution >= 0.6 is 11.8 Å². The summed E-state index contributed by atoms with van der Waals surface area (Å²) in [6.07, 6.45) is 0. The molecule has 0 unspecified atom stereocenters. The molecule has 1 rings (SSSR count). The summed E-state index contributed by atoms with van der Waals surface area (Å²) in [7, 11) is -4.96. The first-order valence-corrected chi connectivity index (χ1v) is 6.04. The maximum Gasteiger partial charge on any atom is 0.488 e. The van der Waals surface area contributed by atoms with E-state index in [9.17, 15) is 12.3 Å². The minimum absolute atomic E-state index is 0.0943. The Morgan fingerprint density at radius 3 is 2.47 bits per heavy atom. The smallest absolute Gasteiger partial charge is 0.358 e. The normalized spacial score (nSPS) is 10.7. The Labute approximate surface area is 91.1 Å². The van der Waals surface area contributed by atoms with Gasteiger partial charge in [0.1, 0.15) is 11.2 Å². The van der Waals surface area contributed by atoms with E-state index in [-0.39, 0.29) is 5.75 Å². The molecule has 0 atom stereocenters. The standard InChI is InChI=1S/C8H6FNO3S2/c9-15(11,12)13-8-3-1-7(2-4-8)5-14-6-10/h1-4H,5H2. The van der Waals surface area contributed by atoms with Crippen LogP contribution in [0, 0.1) is 10.7 Å². The van der Waals surface area contributed by atoms with Gasteiger partial charge >= 0.3 is 10.5 Å². The number of benzene rings is 1. The number of thiocyanates is 1. The summed E-state index contributed by atoms with van der Waals surface area (Å²) in [4.78, 5) is 0.